The van der Waals surface area contributed by atoms with Crippen LogP contribution in [0.3, 0.4) is 0 Å². The number of hydrogen-bond donors (Lipinski definition) is 11. The zero-order chi connectivity index (χ0) is 67.6. The maximum absolute atomic E-state index is 14.2. The van der Waals surface area contributed by atoms with Gasteiger partial charge < -0.3 is 81.1 Å². The van der Waals surface area contributed by atoms with Crippen molar-refractivity contribution in [2.24, 2.45) is 5.92 Å². The number of carbonyl (C=O) groups excluding carboxylic acids is 6. The second kappa shape index (κ2) is 29.1. The Balaban J connectivity index is 0.623. The molecule has 510 valence electrons. The van der Waals surface area contributed by atoms with Crippen LogP contribution in [0.4, 0.5) is 23.3 Å². The van der Waals surface area contributed by atoms with Gasteiger partial charge in [-0.3, -0.25) is 46.9 Å². The molecule has 12 atom stereocenters. The number of ether oxygens (including phenoxy) is 2. The minimum absolute atomic E-state index is 0.00643. The number of aliphatic hydroxyl groups is 2. The Labute approximate surface area is 559 Å². The number of imidazole rings is 1. The van der Waals surface area contributed by atoms with Crippen LogP contribution in [0.15, 0.2) is 67.4 Å². The van der Waals surface area contributed by atoms with E-state index in [0.29, 0.717) is 48.5 Å². The summed E-state index contributed by atoms with van der Waals surface area (Å²) in [6.45, 7) is -5.93. The van der Waals surface area contributed by atoms with Crippen LogP contribution in [-0.4, -0.2) is 191 Å². The molecule has 4 fully saturated rings. The lowest BCUT2D eigenvalue weighted by atomic mass is 10.0. The van der Waals surface area contributed by atoms with Gasteiger partial charge in [-0.1, -0.05) is 68.3 Å². The van der Waals surface area contributed by atoms with Crippen LogP contribution in [0, 0.1) is 17.8 Å². The fourth-order valence-electron chi connectivity index (χ4n) is 12.4. The molecule has 11 N–H and O–H groups in total. The van der Waals surface area contributed by atoms with Gasteiger partial charge in [-0.15, -0.1) is 0 Å². The van der Waals surface area contributed by atoms with E-state index in [-0.39, 0.29) is 80.2 Å². The van der Waals surface area contributed by atoms with Crippen LogP contribution in [-0.2, 0) is 85.7 Å². The fraction of sp³-hybridized carbons (Fsp3) is 0.483. The third-order valence-electron chi connectivity index (χ3n) is 17.1. The van der Waals surface area contributed by atoms with Gasteiger partial charge in [-0.25, -0.2) is 19.5 Å². The number of hydrogen-bond acceptors (Lipinski definition) is 24. The SMILES string of the molecule is CC(C)C[C@H](NC(=O)[C@@H]1CCCN1C(=O)CNC(=O)CNC(=O)CCC(=O)N1Cc2ccccc2C#Cc2ccccc21)C(=O)NCCNc1nc(N)c2ncn([C@@H]3O[C@@H]4COP(O)(=S)O[C@H]5[C@@H](O)[C@H](n6cc7c8c(ncnc86)NCCC7)O[C@@H]5COP(=O)(S)O[C@@H]3[C@@H]4O)c2n1. The summed E-state index contributed by atoms with van der Waals surface area (Å²) in [7, 11) is 0. The van der Waals surface area contributed by atoms with Crippen molar-refractivity contribution in [1.82, 2.24) is 60.2 Å². The summed E-state index contributed by atoms with van der Waals surface area (Å²) in [6.07, 6.45) is -4.58. The number of thiol groups is 1. The number of aryl methyl sites for hydroxylation is 1. The van der Waals surface area contributed by atoms with Crippen LogP contribution in [0.2, 0.25) is 0 Å². The Kier molecular flexibility index (Phi) is 20.7. The van der Waals surface area contributed by atoms with Crippen molar-refractivity contribution in [2.45, 2.75) is 127 Å². The molecule has 4 saturated heterocycles. The van der Waals surface area contributed by atoms with E-state index in [1.54, 1.807) is 21.7 Å². The van der Waals surface area contributed by atoms with E-state index in [9.17, 15) is 48.4 Å². The first-order chi connectivity index (χ1) is 46.1. The van der Waals surface area contributed by atoms with E-state index in [2.05, 4.69) is 80.9 Å². The van der Waals surface area contributed by atoms with E-state index < -0.39 is 131 Å². The number of para-hydroxylation sites is 1. The van der Waals surface area contributed by atoms with E-state index in [1.807, 2.05) is 56.3 Å². The van der Waals surface area contributed by atoms with Crippen LogP contribution in [0.25, 0.3) is 22.2 Å². The third-order valence-corrected chi connectivity index (χ3v) is 20.3. The predicted octanol–water partition coefficient (Wildman–Crippen LogP) is 1.81. The number of amides is 6. The molecule has 0 aliphatic carbocycles. The highest BCUT2D eigenvalue weighted by atomic mass is 32.7. The van der Waals surface area contributed by atoms with E-state index in [0.717, 1.165) is 28.5 Å². The zero-order valence-electron chi connectivity index (χ0n) is 52.0. The highest BCUT2D eigenvalue weighted by Gasteiger charge is 2.53. The molecule has 6 amide bonds. The minimum Gasteiger partial charge on any atom is -0.387 e. The Morgan fingerprint density at radius 2 is 1.58 bits per heavy atom. The van der Waals surface area contributed by atoms with Gasteiger partial charge in [0.1, 0.15) is 72.0 Å². The molecule has 6 aliphatic heterocycles. The zero-order valence-corrected chi connectivity index (χ0v) is 55.5. The van der Waals surface area contributed by atoms with E-state index in [4.69, 9.17) is 45.1 Å². The number of aromatic nitrogens is 7. The Morgan fingerprint density at radius 3 is 2.41 bits per heavy atom. The maximum Gasteiger partial charge on any atom is 0.386 e. The Bertz CT molecular complexity index is 4160. The smallest absolute Gasteiger partial charge is 0.386 e. The first-order valence-corrected chi connectivity index (χ1v) is 36.6. The monoisotopic (exact) mass is 1400 g/mol. The largest absolute Gasteiger partial charge is 0.387 e. The predicted molar refractivity (Wildman–Crippen MR) is 352 cm³/mol. The number of nitrogens with one attached hydrogen (secondary N) is 6. The average molecular weight is 1400 g/mol. The fourth-order valence-corrected chi connectivity index (χ4v) is 15.3. The molecule has 4 aromatic heterocycles. The number of nitrogen functional groups attached to an aromatic ring is 1. The standard InChI is InChI=1S/C60H72N16O16P2S2/c1-32(2)23-37(70-57(84)39-14-8-22-73(39)45(80)25-66-43(78)24-65-42(77)17-18-44(79)74-26-35-11-4-3-9-33(35)15-16-34-10-5-6-13-38(34)74)56(83)63-20-21-64-60-71-52(61)47-55(72-60)76(31-69-47)59-51-48(81)40(89-59)28-87-93(85,95)91-50-41(29-88-94(86,96)92-51)90-58(49(50)82)75-27-36-12-7-19-62-53-46(36)54(75)68-30-67-53/h3-6,9-11,13,27,30-32,37,39-41,48-51,58-59,81-82H,7-8,12,14,17-26,28-29H2,1-2H3,(H,63,83)(H,65,77)(H,66,78)(H,70,84)(H,85,95)(H,86,96)(H,62,67,68)(H3,61,64,71,72)/t37-,39-,40+,41+,48+,49+,50+,51+,58+,59+,93?,94?/m0/s1. The lowest BCUT2D eigenvalue weighted by Gasteiger charge is -2.27. The van der Waals surface area contributed by atoms with Gasteiger partial charge in [0.25, 0.3) is 0 Å². The van der Waals surface area contributed by atoms with Gasteiger partial charge in [0.15, 0.2) is 23.9 Å². The number of nitrogens with zero attached hydrogens (tertiary/aromatic N) is 9. The van der Waals surface area contributed by atoms with Gasteiger partial charge in [0, 0.05) is 56.3 Å². The minimum atomic E-state index is -4.51. The number of anilines is 4. The van der Waals surface area contributed by atoms with Crippen LogP contribution < -0.4 is 42.5 Å². The average Bonchev–Trinajstić information content (AvgIpc) is 1.60. The number of carbonyl (C=O) groups is 6. The normalized spacial score (nSPS) is 26.6. The van der Waals surface area contributed by atoms with Crippen molar-refractivity contribution in [3.8, 4) is 11.8 Å². The van der Waals surface area contributed by atoms with Crippen molar-refractivity contribution in [1.29, 1.82) is 0 Å². The number of aliphatic hydroxyl groups excluding tert-OH is 2. The van der Waals surface area contributed by atoms with Gasteiger partial charge in [0.2, 0.25) is 41.4 Å². The highest BCUT2D eigenvalue weighted by Crippen LogP contribution is 2.58. The molecule has 32 nitrogen and oxygen atoms in total. The third kappa shape index (κ3) is 15.2. The number of fused-ring (bicyclic) bond motifs is 6. The number of rotatable bonds is 18. The van der Waals surface area contributed by atoms with Crippen LogP contribution >= 0.6 is 25.8 Å². The Hall–Kier alpha value is -7.74. The molecule has 2 bridgehead atoms. The summed E-state index contributed by atoms with van der Waals surface area (Å²) in [6, 6.07) is 12.9. The molecule has 6 aliphatic rings. The van der Waals surface area contributed by atoms with Gasteiger partial charge in [0.05, 0.1) is 50.2 Å². The second-order valence-electron chi connectivity index (χ2n) is 24.2. The summed E-state index contributed by atoms with van der Waals surface area (Å²) < 4.78 is 53.2. The van der Waals surface area contributed by atoms with Gasteiger partial charge in [-0.05, 0) is 79.2 Å². The van der Waals surface area contributed by atoms with Gasteiger partial charge >= 0.3 is 13.5 Å². The first kappa shape index (κ1) is 68.2. The summed E-state index contributed by atoms with van der Waals surface area (Å²) in [5, 5.41) is 41.2. The molecule has 96 heavy (non-hydrogen) atoms. The van der Waals surface area contributed by atoms with Crippen LogP contribution in [0.5, 0.6) is 0 Å². The maximum atomic E-state index is 14.2. The Morgan fingerprint density at radius 1 is 0.823 bits per heavy atom. The lowest BCUT2D eigenvalue weighted by Crippen LogP contribution is -2.54. The molecule has 0 saturated carbocycles. The van der Waals surface area contributed by atoms with E-state index in [1.165, 1.54) is 22.1 Å². The molecular formula is C60H72N16O16P2S2. The summed E-state index contributed by atoms with van der Waals surface area (Å²) in [4.78, 5) is 117. The topological polar surface area (TPSA) is 415 Å². The molecule has 12 rings (SSSR count). The summed E-state index contributed by atoms with van der Waals surface area (Å²) in [5.41, 5.74) is 10.9. The van der Waals surface area contributed by atoms with Crippen molar-refractivity contribution in [2.75, 3.05) is 73.7 Å². The lowest BCUT2D eigenvalue weighted by molar-refractivity contribution is -0.139. The molecule has 0 spiro atoms. The highest BCUT2D eigenvalue weighted by molar-refractivity contribution is 8.44. The summed E-state index contributed by atoms with van der Waals surface area (Å²) >= 11 is 9.70. The number of benzene rings is 2. The molecule has 0 radical (unpaired) electrons. The summed E-state index contributed by atoms with van der Waals surface area (Å²) in [5.74, 6) is 3.66. The molecule has 2 unspecified atom stereocenters. The van der Waals surface area contributed by atoms with Crippen LogP contribution in [0.1, 0.15) is 87.1 Å². The molecular weight excluding hydrogens is 1330 g/mol. The second-order valence-corrected chi connectivity index (χ2v) is 29.8. The molecule has 2 aromatic carbocycles. The van der Waals surface area contributed by atoms with Crippen molar-refractivity contribution < 1.29 is 76.0 Å². The van der Waals surface area contributed by atoms with E-state index >= 15 is 0 Å². The van der Waals surface area contributed by atoms with Gasteiger partial charge in [-0.2, -0.15) is 9.97 Å². The molecule has 10 heterocycles. The van der Waals surface area contributed by atoms with Crippen molar-refractivity contribution >= 4 is 118 Å². The first-order valence-electron chi connectivity index (χ1n) is 31.3. The van der Waals surface area contributed by atoms with Crippen molar-refractivity contribution in [3.63, 3.8) is 0 Å². The quantitative estimate of drug-likeness (QED) is 0.0253. The molecule has 36 heteroatoms. The number of likely N-dealkylation sites (tertiary alicyclic amines) is 1. The number of nitrogens with two attached hydrogens (primary N) is 1. The molecule has 6 aromatic rings. The van der Waals surface area contributed by atoms with Crippen molar-refractivity contribution in [3.05, 3.63) is 89.6 Å².